The van der Waals surface area contributed by atoms with Crippen LogP contribution < -0.4 is 5.32 Å². The normalized spacial score (nSPS) is 13.1. The van der Waals surface area contributed by atoms with E-state index in [4.69, 9.17) is 0 Å². The largest absolute Gasteiger partial charge is 0.354 e. The molecule has 2 unspecified atom stereocenters. The average molecular weight is 426 g/mol. The first-order chi connectivity index (χ1) is 15.5. The Morgan fingerprint density at radius 3 is 2.47 bits per heavy atom. The zero-order valence-corrected chi connectivity index (χ0v) is 19.1. The second kappa shape index (κ2) is 9.82. The van der Waals surface area contributed by atoms with E-state index in [0.29, 0.717) is 6.42 Å². The molecule has 4 rings (SSSR count). The van der Waals surface area contributed by atoms with Crippen molar-refractivity contribution in [3.8, 4) is 0 Å². The summed E-state index contributed by atoms with van der Waals surface area (Å²) in [7, 11) is 0. The smallest absolute Gasteiger partial charge is 0.221 e. The number of carbonyl (C=O) groups is 1. The fourth-order valence-electron chi connectivity index (χ4n) is 4.40. The molecule has 0 saturated heterocycles. The third kappa shape index (κ3) is 4.91. The van der Waals surface area contributed by atoms with Crippen LogP contribution in [0.1, 0.15) is 53.6 Å². The Hall–Kier alpha value is -3.40. The van der Waals surface area contributed by atoms with Gasteiger partial charge >= 0.3 is 0 Å². The summed E-state index contributed by atoms with van der Waals surface area (Å²) in [6.07, 6.45) is 6.22. The van der Waals surface area contributed by atoms with Crippen molar-refractivity contribution in [1.29, 1.82) is 0 Å². The summed E-state index contributed by atoms with van der Waals surface area (Å²) in [5.41, 5.74) is 6.77. The average Bonchev–Trinajstić information content (AvgIpc) is 3.23. The van der Waals surface area contributed by atoms with Gasteiger partial charge in [0.2, 0.25) is 5.91 Å². The van der Waals surface area contributed by atoms with Crippen molar-refractivity contribution >= 4 is 11.6 Å². The summed E-state index contributed by atoms with van der Waals surface area (Å²) in [5.74, 6) is 0.00995. The lowest BCUT2D eigenvalue weighted by atomic mass is 9.89. The second-order valence-electron chi connectivity index (χ2n) is 8.67. The van der Waals surface area contributed by atoms with Crippen molar-refractivity contribution in [3.05, 3.63) is 107 Å². The number of nitrogens with zero attached hydrogens (tertiary/aromatic N) is 2. The summed E-state index contributed by atoms with van der Waals surface area (Å²) in [6.45, 7) is 6.26. The van der Waals surface area contributed by atoms with E-state index in [1.807, 2.05) is 36.7 Å². The fraction of sp³-hybridized carbons (Fsp3) is 0.286. The van der Waals surface area contributed by atoms with Crippen LogP contribution in [0, 0.1) is 13.8 Å². The minimum absolute atomic E-state index is 0.0608. The molecule has 2 aromatic carbocycles. The van der Waals surface area contributed by atoms with Crippen LogP contribution in [-0.2, 0) is 11.2 Å². The molecular weight excluding hydrogens is 394 g/mol. The van der Waals surface area contributed by atoms with E-state index in [0.717, 1.165) is 29.7 Å². The van der Waals surface area contributed by atoms with E-state index in [9.17, 15) is 4.79 Å². The zero-order valence-electron chi connectivity index (χ0n) is 19.1. The van der Waals surface area contributed by atoms with Crippen molar-refractivity contribution in [2.24, 2.45) is 0 Å². The summed E-state index contributed by atoms with van der Waals surface area (Å²) in [4.78, 5) is 17.8. The topological polar surface area (TPSA) is 46.4 Å². The number of benzene rings is 2. The highest BCUT2D eigenvalue weighted by molar-refractivity contribution is 5.78. The fourth-order valence-corrected chi connectivity index (χ4v) is 4.40. The number of pyridine rings is 1. The standard InChI is InChI=1S/C28H31N3O/c1-20-10-7-8-14-24(20)25(26-19-29-28-21(2)11-9-17-31(26)28)18-27(32)30-22(3)15-16-23-12-5-4-6-13-23/h4-14,17,19,22,25H,15-16,18H2,1-3H3,(H,30,32). The molecule has 4 heteroatoms. The number of amides is 1. The first kappa shape index (κ1) is 21.8. The number of fused-ring (bicyclic) bond motifs is 1. The van der Waals surface area contributed by atoms with E-state index < -0.39 is 0 Å². The lowest BCUT2D eigenvalue weighted by Crippen LogP contribution is -2.34. The molecule has 0 aliphatic carbocycles. The Morgan fingerprint density at radius 1 is 0.969 bits per heavy atom. The van der Waals surface area contributed by atoms with E-state index >= 15 is 0 Å². The molecular formula is C28H31N3O. The van der Waals surface area contributed by atoms with Crippen LogP contribution in [0.15, 0.2) is 79.1 Å². The lowest BCUT2D eigenvalue weighted by molar-refractivity contribution is -0.121. The number of hydrogen-bond donors (Lipinski definition) is 1. The first-order valence-electron chi connectivity index (χ1n) is 11.3. The quantitative estimate of drug-likeness (QED) is 0.399. The molecule has 0 aliphatic rings. The van der Waals surface area contributed by atoms with Crippen molar-refractivity contribution in [1.82, 2.24) is 14.7 Å². The van der Waals surface area contributed by atoms with Crippen molar-refractivity contribution in [3.63, 3.8) is 0 Å². The van der Waals surface area contributed by atoms with E-state index in [2.05, 4.69) is 77.9 Å². The third-order valence-electron chi connectivity index (χ3n) is 6.19. The van der Waals surface area contributed by atoms with Gasteiger partial charge in [0, 0.05) is 30.8 Å². The molecule has 4 aromatic rings. The molecule has 1 amide bonds. The molecule has 0 radical (unpaired) electrons. The minimum Gasteiger partial charge on any atom is -0.354 e. The molecule has 2 aromatic heterocycles. The zero-order chi connectivity index (χ0) is 22.5. The molecule has 0 bridgehead atoms. The predicted octanol–water partition coefficient (Wildman–Crippen LogP) is 5.61. The minimum atomic E-state index is -0.0608. The van der Waals surface area contributed by atoms with Gasteiger partial charge in [0.25, 0.3) is 0 Å². The van der Waals surface area contributed by atoms with Crippen molar-refractivity contribution in [2.75, 3.05) is 0 Å². The summed E-state index contributed by atoms with van der Waals surface area (Å²) in [6, 6.07) is 23.0. The van der Waals surface area contributed by atoms with Crippen LogP contribution in [0.25, 0.3) is 5.65 Å². The van der Waals surface area contributed by atoms with Crippen LogP contribution >= 0.6 is 0 Å². The molecule has 2 atom stereocenters. The molecule has 32 heavy (non-hydrogen) atoms. The number of hydrogen-bond acceptors (Lipinski definition) is 2. The van der Waals surface area contributed by atoms with Gasteiger partial charge in [0.05, 0.1) is 5.69 Å². The Labute approximate surface area is 190 Å². The summed E-state index contributed by atoms with van der Waals surface area (Å²) >= 11 is 0. The highest BCUT2D eigenvalue weighted by Crippen LogP contribution is 2.31. The highest BCUT2D eigenvalue weighted by atomic mass is 16.1. The Kier molecular flexibility index (Phi) is 6.69. The monoisotopic (exact) mass is 425 g/mol. The van der Waals surface area contributed by atoms with Gasteiger partial charge in [-0.3, -0.25) is 4.79 Å². The SMILES string of the molecule is Cc1ccccc1C(CC(=O)NC(C)CCc1ccccc1)c1cnc2c(C)cccn12. The maximum Gasteiger partial charge on any atom is 0.221 e. The van der Waals surface area contributed by atoms with Crippen LogP contribution in [-0.4, -0.2) is 21.3 Å². The second-order valence-corrected chi connectivity index (χ2v) is 8.67. The molecule has 0 saturated carbocycles. The van der Waals surface area contributed by atoms with Gasteiger partial charge in [0.1, 0.15) is 5.65 Å². The van der Waals surface area contributed by atoms with E-state index in [1.54, 1.807) is 0 Å². The number of aromatic nitrogens is 2. The van der Waals surface area contributed by atoms with Gasteiger partial charge in [-0.1, -0.05) is 60.7 Å². The molecule has 2 heterocycles. The molecule has 0 aliphatic heterocycles. The van der Waals surface area contributed by atoms with Crippen LogP contribution in [0.5, 0.6) is 0 Å². The predicted molar refractivity (Wildman–Crippen MR) is 130 cm³/mol. The van der Waals surface area contributed by atoms with Gasteiger partial charge < -0.3 is 9.72 Å². The number of imidazole rings is 1. The Bertz CT molecular complexity index is 1200. The lowest BCUT2D eigenvalue weighted by Gasteiger charge is -2.21. The maximum atomic E-state index is 13.1. The first-order valence-corrected chi connectivity index (χ1v) is 11.3. The number of rotatable bonds is 8. The van der Waals surface area contributed by atoms with Gasteiger partial charge in [-0.2, -0.15) is 0 Å². The number of carbonyl (C=O) groups excluding carboxylic acids is 1. The van der Waals surface area contributed by atoms with E-state index in [-0.39, 0.29) is 17.9 Å². The van der Waals surface area contributed by atoms with Crippen molar-refractivity contribution in [2.45, 2.75) is 52.0 Å². The summed E-state index contributed by atoms with van der Waals surface area (Å²) < 4.78 is 2.12. The molecule has 4 nitrogen and oxygen atoms in total. The summed E-state index contributed by atoms with van der Waals surface area (Å²) in [5, 5.41) is 3.22. The number of nitrogens with one attached hydrogen (secondary N) is 1. The highest BCUT2D eigenvalue weighted by Gasteiger charge is 2.24. The third-order valence-corrected chi connectivity index (χ3v) is 6.19. The van der Waals surface area contributed by atoms with Gasteiger partial charge in [-0.15, -0.1) is 0 Å². The van der Waals surface area contributed by atoms with Gasteiger partial charge in [-0.25, -0.2) is 4.98 Å². The Balaban J connectivity index is 1.54. The molecule has 164 valence electrons. The molecule has 1 N–H and O–H groups in total. The Morgan fingerprint density at radius 2 is 1.69 bits per heavy atom. The number of aryl methyl sites for hydroxylation is 3. The van der Waals surface area contributed by atoms with Crippen molar-refractivity contribution < 1.29 is 4.79 Å². The van der Waals surface area contributed by atoms with Gasteiger partial charge in [0.15, 0.2) is 0 Å². The van der Waals surface area contributed by atoms with Gasteiger partial charge in [-0.05, 0) is 61.9 Å². The van der Waals surface area contributed by atoms with E-state index in [1.165, 1.54) is 16.7 Å². The van der Waals surface area contributed by atoms with Crippen LogP contribution in [0.4, 0.5) is 0 Å². The molecule has 0 fully saturated rings. The maximum absolute atomic E-state index is 13.1. The van der Waals surface area contributed by atoms with Crippen LogP contribution in [0.2, 0.25) is 0 Å². The van der Waals surface area contributed by atoms with Crippen LogP contribution in [0.3, 0.4) is 0 Å². The molecule has 0 spiro atoms.